The Morgan fingerprint density at radius 3 is 2.73 bits per heavy atom. The van der Waals surface area contributed by atoms with Crippen molar-refractivity contribution in [3.05, 3.63) is 14.5 Å². The summed E-state index contributed by atoms with van der Waals surface area (Å²) >= 11 is 4.94. The number of rotatable bonds is 2. The van der Waals surface area contributed by atoms with Crippen molar-refractivity contribution >= 4 is 27.3 Å². The monoisotopic (exact) mass is 284 g/mol. The summed E-state index contributed by atoms with van der Waals surface area (Å²) in [7, 11) is 0. The average molecular weight is 285 g/mol. The van der Waals surface area contributed by atoms with Gasteiger partial charge in [-0.2, -0.15) is 5.26 Å². The summed E-state index contributed by atoms with van der Waals surface area (Å²) in [5.41, 5.74) is 1.09. The molecule has 1 aliphatic rings. The first-order valence-corrected chi connectivity index (χ1v) is 6.96. The molecule has 80 valence electrons. The zero-order valence-electron chi connectivity index (χ0n) is 8.50. The molecule has 0 saturated heterocycles. The predicted molar refractivity (Wildman–Crippen MR) is 64.8 cm³/mol. The highest BCUT2D eigenvalue weighted by Gasteiger charge is 2.17. The SMILES string of the molecule is N#Cc1nc(CC2CCCCC2)c(Br)s1. The van der Waals surface area contributed by atoms with E-state index in [0.717, 1.165) is 21.8 Å². The minimum absolute atomic E-state index is 0.577. The Hall–Kier alpha value is -0.400. The Balaban J connectivity index is 2.03. The van der Waals surface area contributed by atoms with Gasteiger partial charge >= 0.3 is 0 Å². The van der Waals surface area contributed by atoms with Crippen molar-refractivity contribution < 1.29 is 0 Å². The summed E-state index contributed by atoms with van der Waals surface area (Å²) in [5, 5.41) is 9.33. The van der Waals surface area contributed by atoms with Gasteiger partial charge in [-0.25, -0.2) is 4.98 Å². The topological polar surface area (TPSA) is 36.7 Å². The van der Waals surface area contributed by atoms with Crippen molar-refractivity contribution in [1.29, 1.82) is 5.26 Å². The Bertz CT molecular complexity index is 374. The summed E-state index contributed by atoms with van der Waals surface area (Å²) in [4.78, 5) is 4.33. The number of thiazole rings is 1. The van der Waals surface area contributed by atoms with E-state index in [1.807, 2.05) is 0 Å². The van der Waals surface area contributed by atoms with Crippen LogP contribution in [0, 0.1) is 17.2 Å². The molecule has 1 fully saturated rings. The standard InChI is InChI=1S/C11H13BrN2S/c12-11-9(14-10(7-13)15-11)6-8-4-2-1-3-5-8/h8H,1-6H2. The van der Waals surface area contributed by atoms with Crippen molar-refractivity contribution in [3.63, 3.8) is 0 Å². The number of nitriles is 1. The first-order valence-electron chi connectivity index (χ1n) is 5.35. The summed E-state index contributed by atoms with van der Waals surface area (Å²) in [5.74, 6) is 0.781. The minimum atomic E-state index is 0.577. The number of aromatic nitrogens is 1. The van der Waals surface area contributed by atoms with Crippen molar-refractivity contribution in [2.24, 2.45) is 5.92 Å². The smallest absolute Gasteiger partial charge is 0.195 e. The summed E-state index contributed by atoms with van der Waals surface area (Å²) < 4.78 is 1.05. The molecular weight excluding hydrogens is 272 g/mol. The zero-order valence-corrected chi connectivity index (χ0v) is 10.9. The molecule has 1 aromatic heterocycles. The molecule has 0 spiro atoms. The van der Waals surface area contributed by atoms with Crippen LogP contribution in [-0.2, 0) is 6.42 Å². The molecule has 0 bridgehead atoms. The maximum atomic E-state index is 8.76. The second kappa shape index (κ2) is 5.09. The van der Waals surface area contributed by atoms with Gasteiger partial charge in [-0.1, -0.05) is 43.4 Å². The number of nitrogens with zero attached hydrogens (tertiary/aromatic N) is 2. The highest BCUT2D eigenvalue weighted by atomic mass is 79.9. The van der Waals surface area contributed by atoms with E-state index in [4.69, 9.17) is 5.26 Å². The molecule has 0 aliphatic heterocycles. The summed E-state index contributed by atoms with van der Waals surface area (Å²) in [6.45, 7) is 0. The molecule has 2 rings (SSSR count). The lowest BCUT2D eigenvalue weighted by molar-refractivity contribution is 0.354. The highest BCUT2D eigenvalue weighted by Crippen LogP contribution is 2.31. The van der Waals surface area contributed by atoms with Crippen LogP contribution in [0.15, 0.2) is 3.79 Å². The van der Waals surface area contributed by atoms with Crippen molar-refractivity contribution in [3.8, 4) is 6.07 Å². The first kappa shape index (κ1) is 11.1. The molecule has 0 N–H and O–H groups in total. The fraction of sp³-hybridized carbons (Fsp3) is 0.636. The average Bonchev–Trinajstić information content (AvgIpc) is 2.61. The minimum Gasteiger partial charge on any atom is -0.230 e. The normalized spacial score (nSPS) is 17.6. The molecule has 0 aromatic carbocycles. The molecule has 1 saturated carbocycles. The molecule has 0 atom stereocenters. The third-order valence-electron chi connectivity index (χ3n) is 2.95. The predicted octanol–water partition coefficient (Wildman–Crippen LogP) is 3.90. The van der Waals surface area contributed by atoms with Gasteiger partial charge in [0.2, 0.25) is 0 Å². The van der Waals surface area contributed by atoms with Crippen LogP contribution in [0.1, 0.15) is 42.8 Å². The van der Waals surface area contributed by atoms with Crippen LogP contribution in [0.4, 0.5) is 0 Å². The van der Waals surface area contributed by atoms with E-state index < -0.39 is 0 Å². The molecule has 4 heteroatoms. The Kier molecular flexibility index (Phi) is 3.76. The lowest BCUT2D eigenvalue weighted by Crippen LogP contribution is -2.09. The number of halogens is 1. The van der Waals surface area contributed by atoms with Crippen LogP contribution in [0.3, 0.4) is 0 Å². The second-order valence-electron chi connectivity index (χ2n) is 4.06. The largest absolute Gasteiger partial charge is 0.230 e. The molecular formula is C11H13BrN2S. The van der Waals surface area contributed by atoms with Crippen LogP contribution >= 0.6 is 27.3 Å². The van der Waals surface area contributed by atoms with E-state index in [0.29, 0.717) is 5.01 Å². The quantitative estimate of drug-likeness (QED) is 0.826. The fourth-order valence-corrected chi connectivity index (χ4v) is 3.50. The maximum absolute atomic E-state index is 8.76. The molecule has 0 amide bonds. The van der Waals surface area contributed by atoms with Gasteiger partial charge in [0.25, 0.3) is 0 Å². The number of hydrogen-bond acceptors (Lipinski definition) is 3. The van der Waals surface area contributed by atoms with Gasteiger partial charge in [0, 0.05) is 0 Å². The Morgan fingerprint density at radius 2 is 2.13 bits per heavy atom. The lowest BCUT2D eigenvalue weighted by Gasteiger charge is -2.20. The van der Waals surface area contributed by atoms with Crippen molar-refractivity contribution in [2.75, 3.05) is 0 Å². The molecule has 0 radical (unpaired) electrons. The van der Waals surface area contributed by atoms with E-state index in [-0.39, 0.29) is 0 Å². The third kappa shape index (κ3) is 2.79. The molecule has 15 heavy (non-hydrogen) atoms. The van der Waals surface area contributed by atoms with Gasteiger partial charge in [0.1, 0.15) is 6.07 Å². The zero-order chi connectivity index (χ0) is 10.7. The highest BCUT2D eigenvalue weighted by molar-refractivity contribution is 9.11. The summed E-state index contributed by atoms with van der Waals surface area (Å²) in [6.07, 6.45) is 7.80. The van der Waals surface area contributed by atoms with E-state index >= 15 is 0 Å². The van der Waals surface area contributed by atoms with Crippen LogP contribution < -0.4 is 0 Å². The lowest BCUT2D eigenvalue weighted by atomic mass is 9.86. The molecule has 2 nitrogen and oxygen atoms in total. The van der Waals surface area contributed by atoms with Gasteiger partial charge < -0.3 is 0 Å². The fourth-order valence-electron chi connectivity index (χ4n) is 2.17. The van der Waals surface area contributed by atoms with E-state index in [1.165, 1.54) is 43.4 Å². The third-order valence-corrected chi connectivity index (χ3v) is 4.69. The van der Waals surface area contributed by atoms with Crippen LogP contribution in [0.25, 0.3) is 0 Å². The van der Waals surface area contributed by atoms with Crippen LogP contribution in [-0.4, -0.2) is 4.98 Å². The molecule has 0 unspecified atom stereocenters. The summed E-state index contributed by atoms with van der Waals surface area (Å²) in [6, 6.07) is 2.10. The van der Waals surface area contributed by atoms with Gasteiger partial charge in [0.15, 0.2) is 5.01 Å². The maximum Gasteiger partial charge on any atom is 0.195 e. The van der Waals surface area contributed by atoms with Crippen LogP contribution in [0.2, 0.25) is 0 Å². The Morgan fingerprint density at radius 1 is 1.40 bits per heavy atom. The second-order valence-corrected chi connectivity index (χ2v) is 6.38. The Labute approximate surface area is 102 Å². The number of hydrogen-bond donors (Lipinski definition) is 0. The van der Waals surface area contributed by atoms with Crippen molar-refractivity contribution in [1.82, 2.24) is 4.98 Å². The van der Waals surface area contributed by atoms with E-state index in [1.54, 1.807) is 0 Å². The van der Waals surface area contributed by atoms with Gasteiger partial charge in [0.05, 0.1) is 9.48 Å². The van der Waals surface area contributed by atoms with Gasteiger partial charge in [-0.15, -0.1) is 0 Å². The molecule has 1 heterocycles. The van der Waals surface area contributed by atoms with Crippen molar-refractivity contribution in [2.45, 2.75) is 38.5 Å². The van der Waals surface area contributed by atoms with Crippen LogP contribution in [0.5, 0.6) is 0 Å². The molecule has 1 aliphatic carbocycles. The van der Waals surface area contributed by atoms with E-state index in [2.05, 4.69) is 27.0 Å². The first-order chi connectivity index (χ1) is 7.29. The van der Waals surface area contributed by atoms with Gasteiger partial charge in [-0.05, 0) is 28.3 Å². The van der Waals surface area contributed by atoms with Gasteiger partial charge in [-0.3, -0.25) is 0 Å². The molecule has 1 aromatic rings. The van der Waals surface area contributed by atoms with E-state index in [9.17, 15) is 0 Å².